The molecule has 0 N–H and O–H groups in total. The average molecular weight is 207 g/mol. The molecule has 1 rings (SSSR count). The smallest absolute Gasteiger partial charge is 0.269 e. The molecule has 1 aliphatic rings. The van der Waals surface area contributed by atoms with Crippen molar-refractivity contribution < 1.29 is 13.8 Å². The van der Waals surface area contributed by atoms with Crippen molar-refractivity contribution in [1.29, 1.82) is 0 Å². The third-order valence-electron chi connectivity index (χ3n) is 2.51. The Balaban J connectivity index is 2.62. The van der Waals surface area contributed by atoms with E-state index in [-0.39, 0.29) is 6.04 Å². The number of nitrogens with zero attached hydrogens (tertiary/aromatic N) is 1. The highest BCUT2D eigenvalue weighted by atomic mass is 31.2. The Bertz CT molecular complexity index is 210. The second-order valence-electron chi connectivity index (χ2n) is 3.40. The lowest BCUT2D eigenvalue weighted by molar-refractivity contribution is 0.142. The van der Waals surface area contributed by atoms with Crippen LogP contribution < -0.4 is 0 Å². The van der Waals surface area contributed by atoms with Gasteiger partial charge in [-0.3, -0.25) is 4.57 Å². The molecule has 5 heteroatoms. The van der Waals surface area contributed by atoms with Gasteiger partial charge in [-0.1, -0.05) is 0 Å². The minimum atomic E-state index is -2.55. The summed E-state index contributed by atoms with van der Waals surface area (Å²) in [6.45, 7) is 3.16. The standard InChI is InChI=1S/C8H18NO3P/c1-11-7-8-5-4-6-9(8)13(3,10)12-2/h8H,4-7H2,1-3H3. The Morgan fingerprint density at radius 1 is 1.54 bits per heavy atom. The van der Waals surface area contributed by atoms with Gasteiger partial charge in [-0.25, -0.2) is 4.67 Å². The molecule has 1 aliphatic heterocycles. The molecule has 0 amide bonds. The fourth-order valence-corrected chi connectivity index (χ4v) is 3.26. The Morgan fingerprint density at radius 3 is 2.77 bits per heavy atom. The van der Waals surface area contributed by atoms with Crippen LogP contribution in [0.4, 0.5) is 0 Å². The molecule has 13 heavy (non-hydrogen) atoms. The van der Waals surface area contributed by atoms with Crippen LogP contribution in [0.1, 0.15) is 12.8 Å². The fraction of sp³-hybridized carbons (Fsp3) is 1.00. The van der Waals surface area contributed by atoms with E-state index in [9.17, 15) is 4.57 Å². The highest BCUT2D eigenvalue weighted by Crippen LogP contribution is 2.50. The summed E-state index contributed by atoms with van der Waals surface area (Å²) in [5.74, 6) is 0. The molecule has 0 bridgehead atoms. The van der Waals surface area contributed by atoms with Crippen LogP contribution in [-0.4, -0.2) is 44.7 Å². The van der Waals surface area contributed by atoms with Gasteiger partial charge in [0.25, 0.3) is 7.52 Å². The molecule has 78 valence electrons. The summed E-state index contributed by atoms with van der Waals surface area (Å²) in [6, 6.07) is 0.265. The number of rotatable bonds is 4. The first-order valence-corrected chi connectivity index (χ1v) is 6.53. The van der Waals surface area contributed by atoms with Gasteiger partial charge >= 0.3 is 0 Å². The second-order valence-corrected chi connectivity index (χ2v) is 5.88. The zero-order chi connectivity index (χ0) is 9.90. The molecule has 0 aromatic carbocycles. The number of hydrogen-bond donors (Lipinski definition) is 0. The molecule has 0 spiro atoms. The summed E-state index contributed by atoms with van der Waals surface area (Å²) in [4.78, 5) is 0. The average Bonchev–Trinajstić information content (AvgIpc) is 2.54. The Morgan fingerprint density at radius 2 is 2.23 bits per heavy atom. The molecule has 0 aromatic heterocycles. The van der Waals surface area contributed by atoms with Crippen molar-refractivity contribution in [2.24, 2.45) is 0 Å². The summed E-state index contributed by atoms with van der Waals surface area (Å²) < 4.78 is 24.0. The quantitative estimate of drug-likeness (QED) is 0.656. The van der Waals surface area contributed by atoms with E-state index >= 15 is 0 Å². The minimum absolute atomic E-state index is 0.265. The van der Waals surface area contributed by atoms with Crippen molar-refractivity contribution in [3.8, 4) is 0 Å². The van der Waals surface area contributed by atoms with Gasteiger partial charge in [0, 0.05) is 33.5 Å². The first kappa shape index (κ1) is 11.2. The van der Waals surface area contributed by atoms with Crippen molar-refractivity contribution in [3.05, 3.63) is 0 Å². The maximum absolute atomic E-state index is 11.9. The van der Waals surface area contributed by atoms with Crippen molar-refractivity contribution in [2.45, 2.75) is 18.9 Å². The van der Waals surface area contributed by atoms with E-state index in [4.69, 9.17) is 9.26 Å². The zero-order valence-corrected chi connectivity index (χ0v) is 9.42. The van der Waals surface area contributed by atoms with Crippen LogP contribution in [-0.2, 0) is 13.8 Å². The third kappa shape index (κ3) is 2.53. The van der Waals surface area contributed by atoms with Crippen LogP contribution in [0.3, 0.4) is 0 Å². The van der Waals surface area contributed by atoms with Crippen LogP contribution in [0.15, 0.2) is 0 Å². The second kappa shape index (κ2) is 4.56. The highest BCUT2D eigenvalue weighted by Gasteiger charge is 2.35. The largest absolute Gasteiger partial charge is 0.383 e. The highest BCUT2D eigenvalue weighted by molar-refractivity contribution is 7.55. The van der Waals surface area contributed by atoms with Crippen molar-refractivity contribution in [2.75, 3.05) is 34.0 Å². The van der Waals surface area contributed by atoms with E-state index in [1.165, 1.54) is 7.11 Å². The van der Waals surface area contributed by atoms with E-state index in [0.29, 0.717) is 6.61 Å². The molecular formula is C8H18NO3P. The predicted molar refractivity (Wildman–Crippen MR) is 52.1 cm³/mol. The lowest BCUT2D eigenvalue weighted by Crippen LogP contribution is -2.30. The van der Waals surface area contributed by atoms with Crippen LogP contribution in [0.25, 0.3) is 0 Å². The van der Waals surface area contributed by atoms with Gasteiger partial charge in [-0.15, -0.1) is 0 Å². The van der Waals surface area contributed by atoms with Crippen molar-refractivity contribution in [3.63, 3.8) is 0 Å². The van der Waals surface area contributed by atoms with Crippen LogP contribution in [0, 0.1) is 0 Å². The number of ether oxygens (including phenoxy) is 1. The van der Waals surface area contributed by atoms with Crippen molar-refractivity contribution in [1.82, 2.24) is 4.67 Å². The zero-order valence-electron chi connectivity index (χ0n) is 8.52. The maximum Gasteiger partial charge on any atom is 0.269 e. The van der Waals surface area contributed by atoms with Gasteiger partial charge in [0.05, 0.1) is 6.61 Å². The summed E-state index contributed by atoms with van der Waals surface area (Å²) in [5, 5.41) is 0. The number of hydrogen-bond acceptors (Lipinski definition) is 3. The van der Waals surface area contributed by atoms with E-state index < -0.39 is 7.52 Å². The molecule has 0 aliphatic carbocycles. The molecular weight excluding hydrogens is 189 g/mol. The van der Waals surface area contributed by atoms with E-state index in [2.05, 4.69) is 0 Å². The molecule has 0 saturated carbocycles. The van der Waals surface area contributed by atoms with Gasteiger partial charge < -0.3 is 9.26 Å². The summed E-state index contributed by atoms with van der Waals surface area (Å²) >= 11 is 0. The molecule has 1 fully saturated rings. The first-order chi connectivity index (χ1) is 6.11. The Labute approximate surface area is 79.7 Å². The minimum Gasteiger partial charge on any atom is -0.383 e. The van der Waals surface area contributed by atoms with Crippen LogP contribution >= 0.6 is 7.52 Å². The normalized spacial score (nSPS) is 29.0. The molecule has 0 radical (unpaired) electrons. The molecule has 4 nitrogen and oxygen atoms in total. The van der Waals surface area contributed by atoms with Gasteiger partial charge in [-0.2, -0.15) is 0 Å². The van der Waals surface area contributed by atoms with Gasteiger partial charge in [-0.05, 0) is 12.8 Å². The first-order valence-electron chi connectivity index (χ1n) is 4.51. The topological polar surface area (TPSA) is 38.8 Å². The summed E-state index contributed by atoms with van der Waals surface area (Å²) in [7, 11) is 0.620. The summed E-state index contributed by atoms with van der Waals surface area (Å²) in [5.41, 5.74) is 0. The lowest BCUT2D eigenvalue weighted by atomic mass is 10.2. The summed E-state index contributed by atoms with van der Waals surface area (Å²) in [6.07, 6.45) is 2.13. The number of methoxy groups -OCH3 is 1. The molecule has 2 atom stereocenters. The Kier molecular flexibility index (Phi) is 3.92. The molecule has 2 unspecified atom stereocenters. The van der Waals surface area contributed by atoms with Crippen molar-refractivity contribution >= 4 is 7.52 Å². The molecule has 0 aromatic rings. The van der Waals surface area contributed by atoms with Gasteiger partial charge in [0.2, 0.25) is 0 Å². The Hall–Kier alpha value is 0.110. The lowest BCUT2D eigenvalue weighted by Gasteiger charge is -2.28. The molecule has 1 heterocycles. The van der Waals surface area contributed by atoms with E-state index in [1.54, 1.807) is 13.8 Å². The van der Waals surface area contributed by atoms with Crippen LogP contribution in [0.5, 0.6) is 0 Å². The fourth-order valence-electron chi connectivity index (χ4n) is 1.77. The maximum atomic E-state index is 11.9. The van der Waals surface area contributed by atoms with Crippen LogP contribution in [0.2, 0.25) is 0 Å². The van der Waals surface area contributed by atoms with Gasteiger partial charge in [0.15, 0.2) is 0 Å². The van der Waals surface area contributed by atoms with E-state index in [1.807, 2.05) is 4.67 Å². The SMILES string of the molecule is COCC1CCCN1P(C)(=O)OC. The predicted octanol–water partition coefficient (Wildman–Crippen LogP) is 1.57. The van der Waals surface area contributed by atoms with Gasteiger partial charge in [0.1, 0.15) is 0 Å². The monoisotopic (exact) mass is 207 g/mol. The molecule has 1 saturated heterocycles. The third-order valence-corrected chi connectivity index (χ3v) is 4.65. The van der Waals surface area contributed by atoms with E-state index in [0.717, 1.165) is 19.4 Å².